The first-order valence-electron chi connectivity index (χ1n) is 13.8. The van der Waals surface area contributed by atoms with E-state index >= 15 is 0 Å². The molecule has 196 valence electrons. The van der Waals surface area contributed by atoms with Crippen molar-refractivity contribution < 1.29 is 14.3 Å². The van der Waals surface area contributed by atoms with Crippen LogP contribution < -0.4 is 20.3 Å². The van der Waals surface area contributed by atoms with Gasteiger partial charge in [0.15, 0.2) is 0 Å². The van der Waals surface area contributed by atoms with Crippen LogP contribution in [0.4, 0.5) is 16.2 Å². The average molecular weight is 503 g/mol. The van der Waals surface area contributed by atoms with Crippen molar-refractivity contribution in [3.05, 3.63) is 54.1 Å². The molecule has 7 nitrogen and oxygen atoms in total. The van der Waals surface area contributed by atoms with Gasteiger partial charge < -0.3 is 25.2 Å². The Hall–Kier alpha value is -3.22. The van der Waals surface area contributed by atoms with Crippen LogP contribution in [0.3, 0.4) is 0 Å². The van der Waals surface area contributed by atoms with Gasteiger partial charge in [0.25, 0.3) is 0 Å². The van der Waals surface area contributed by atoms with Crippen molar-refractivity contribution in [2.75, 3.05) is 43.5 Å². The second-order valence-corrected chi connectivity index (χ2v) is 11.7. The number of benzene rings is 2. The summed E-state index contributed by atoms with van der Waals surface area (Å²) in [6.07, 6.45) is 7.98. The Labute approximate surface area is 219 Å². The predicted molar refractivity (Wildman–Crippen MR) is 145 cm³/mol. The van der Waals surface area contributed by atoms with Gasteiger partial charge in [-0.2, -0.15) is 0 Å². The number of piperazine rings is 1. The third-order valence-corrected chi connectivity index (χ3v) is 9.05. The third-order valence-electron chi connectivity index (χ3n) is 9.05. The zero-order valence-electron chi connectivity index (χ0n) is 21.7. The van der Waals surface area contributed by atoms with Gasteiger partial charge in [0.05, 0.1) is 13.5 Å². The van der Waals surface area contributed by atoms with Crippen LogP contribution >= 0.6 is 0 Å². The van der Waals surface area contributed by atoms with E-state index < -0.39 is 0 Å². The summed E-state index contributed by atoms with van der Waals surface area (Å²) in [5.41, 5.74) is 2.96. The quantitative estimate of drug-likeness (QED) is 0.602. The first-order valence-corrected chi connectivity index (χ1v) is 13.8. The molecule has 2 N–H and O–H groups in total. The topological polar surface area (TPSA) is 73.9 Å². The van der Waals surface area contributed by atoms with E-state index in [1.807, 2.05) is 41.3 Å². The lowest BCUT2D eigenvalue weighted by molar-refractivity contribution is -0.130. The molecule has 1 heterocycles. The Morgan fingerprint density at radius 3 is 2.03 bits per heavy atom. The molecular weight excluding hydrogens is 464 g/mol. The number of carbonyl (C=O) groups excluding carboxylic acids is 2. The highest BCUT2D eigenvalue weighted by Crippen LogP contribution is 2.55. The van der Waals surface area contributed by atoms with E-state index in [9.17, 15) is 9.59 Å². The fourth-order valence-electron chi connectivity index (χ4n) is 7.67. The molecule has 0 spiro atoms. The summed E-state index contributed by atoms with van der Waals surface area (Å²) in [5.74, 6) is 3.39. The van der Waals surface area contributed by atoms with Gasteiger partial charge in [0.2, 0.25) is 5.91 Å². The summed E-state index contributed by atoms with van der Waals surface area (Å²) >= 11 is 0. The monoisotopic (exact) mass is 502 g/mol. The van der Waals surface area contributed by atoms with Crippen LogP contribution in [-0.2, 0) is 11.2 Å². The standard InChI is InChI=1S/C30H38N4O3/c1-37-27-8-2-21(3-9-27)17-28(35)34-12-10-33(11-13-34)26-6-4-25(5-7-26)31-29(36)32-30-18-22-14-23(19-30)16-24(15-22)20-30/h2-9,22-24H,10-20H2,1H3,(H2,31,32,36). The van der Waals surface area contributed by atoms with Crippen LogP contribution in [0.5, 0.6) is 5.75 Å². The minimum Gasteiger partial charge on any atom is -0.497 e. The van der Waals surface area contributed by atoms with Gasteiger partial charge in [-0.25, -0.2) is 4.79 Å². The van der Waals surface area contributed by atoms with Gasteiger partial charge in [-0.15, -0.1) is 0 Å². The molecular formula is C30H38N4O3. The lowest BCUT2D eigenvalue weighted by Crippen LogP contribution is -2.60. The molecule has 0 aromatic heterocycles. The first kappa shape index (κ1) is 24.1. The third kappa shape index (κ3) is 5.27. The van der Waals surface area contributed by atoms with Crippen molar-refractivity contribution in [2.24, 2.45) is 17.8 Å². The highest BCUT2D eigenvalue weighted by atomic mass is 16.5. The van der Waals surface area contributed by atoms with Crippen LogP contribution in [0.1, 0.15) is 44.1 Å². The molecule has 7 heteroatoms. The van der Waals surface area contributed by atoms with Crippen LogP contribution in [0, 0.1) is 17.8 Å². The summed E-state index contributed by atoms with van der Waals surface area (Å²) in [6.45, 7) is 3.02. The average Bonchev–Trinajstić information content (AvgIpc) is 2.88. The second-order valence-electron chi connectivity index (χ2n) is 11.7. The number of rotatable bonds is 6. The fourth-order valence-corrected chi connectivity index (χ4v) is 7.67. The zero-order chi connectivity index (χ0) is 25.4. The Morgan fingerprint density at radius 2 is 1.46 bits per heavy atom. The molecule has 5 aliphatic rings. The smallest absolute Gasteiger partial charge is 0.319 e. The van der Waals surface area contributed by atoms with E-state index in [0.717, 1.165) is 72.8 Å². The van der Waals surface area contributed by atoms with Crippen LogP contribution in [-0.4, -0.2) is 55.7 Å². The number of urea groups is 1. The van der Waals surface area contributed by atoms with Crippen molar-refractivity contribution in [2.45, 2.75) is 50.5 Å². The number of anilines is 2. The maximum Gasteiger partial charge on any atom is 0.319 e. The van der Waals surface area contributed by atoms with Crippen LogP contribution in [0.25, 0.3) is 0 Å². The molecule has 4 saturated carbocycles. The van der Waals surface area contributed by atoms with Gasteiger partial charge in [0.1, 0.15) is 5.75 Å². The van der Waals surface area contributed by atoms with E-state index in [1.54, 1.807) is 7.11 Å². The Morgan fingerprint density at radius 1 is 0.865 bits per heavy atom. The number of amides is 3. The highest BCUT2D eigenvalue weighted by Gasteiger charge is 2.51. The molecule has 7 rings (SSSR count). The van der Waals surface area contributed by atoms with Crippen molar-refractivity contribution >= 4 is 23.3 Å². The SMILES string of the molecule is COc1ccc(CC(=O)N2CCN(c3ccc(NC(=O)NC45CC6CC(CC(C6)C4)C5)cc3)CC2)cc1. The first-order chi connectivity index (χ1) is 18.0. The van der Waals surface area contributed by atoms with Gasteiger partial charge in [0, 0.05) is 43.1 Å². The molecule has 37 heavy (non-hydrogen) atoms. The van der Waals surface area contributed by atoms with Gasteiger partial charge in [-0.05, 0) is 98.2 Å². The lowest BCUT2D eigenvalue weighted by Gasteiger charge is -2.56. The molecule has 3 amide bonds. The second kappa shape index (κ2) is 9.92. The Balaban J connectivity index is 0.980. The molecule has 0 atom stereocenters. The number of nitrogens with one attached hydrogen (secondary N) is 2. The number of hydrogen-bond donors (Lipinski definition) is 2. The van der Waals surface area contributed by atoms with E-state index in [2.05, 4.69) is 27.7 Å². The van der Waals surface area contributed by atoms with Crippen molar-refractivity contribution in [1.29, 1.82) is 0 Å². The van der Waals surface area contributed by atoms with Gasteiger partial charge >= 0.3 is 6.03 Å². The lowest BCUT2D eigenvalue weighted by atomic mass is 9.53. The summed E-state index contributed by atoms with van der Waals surface area (Å²) in [7, 11) is 1.64. The molecule has 1 aliphatic heterocycles. The highest BCUT2D eigenvalue weighted by molar-refractivity contribution is 5.90. The number of nitrogens with zero attached hydrogens (tertiary/aromatic N) is 2. The number of methoxy groups -OCH3 is 1. The van der Waals surface area contributed by atoms with Crippen LogP contribution in [0.2, 0.25) is 0 Å². The molecule has 2 aromatic rings. The summed E-state index contributed by atoms with van der Waals surface area (Å²) in [6, 6.07) is 15.7. The van der Waals surface area contributed by atoms with Crippen molar-refractivity contribution in [1.82, 2.24) is 10.2 Å². The summed E-state index contributed by atoms with van der Waals surface area (Å²) < 4.78 is 5.20. The molecule has 4 bridgehead atoms. The fraction of sp³-hybridized carbons (Fsp3) is 0.533. The Kier molecular flexibility index (Phi) is 6.47. The van der Waals surface area contributed by atoms with E-state index in [1.165, 1.54) is 19.3 Å². The van der Waals surface area contributed by atoms with Crippen LogP contribution in [0.15, 0.2) is 48.5 Å². The maximum atomic E-state index is 12.9. The molecule has 0 unspecified atom stereocenters. The number of ether oxygens (including phenoxy) is 1. The summed E-state index contributed by atoms with van der Waals surface area (Å²) in [5, 5.41) is 6.46. The van der Waals surface area contributed by atoms with Gasteiger partial charge in [-0.1, -0.05) is 12.1 Å². The van der Waals surface area contributed by atoms with Gasteiger partial charge in [-0.3, -0.25) is 4.79 Å². The molecule has 4 aliphatic carbocycles. The predicted octanol–water partition coefficient (Wildman–Crippen LogP) is 4.68. The van der Waals surface area contributed by atoms with E-state index in [-0.39, 0.29) is 17.5 Å². The zero-order valence-corrected chi connectivity index (χ0v) is 21.7. The minimum atomic E-state index is -0.0707. The molecule has 0 radical (unpaired) electrons. The van der Waals surface area contributed by atoms with E-state index in [4.69, 9.17) is 4.74 Å². The largest absolute Gasteiger partial charge is 0.497 e. The molecule has 5 fully saturated rings. The van der Waals surface area contributed by atoms with Crippen molar-refractivity contribution in [3.63, 3.8) is 0 Å². The maximum absolute atomic E-state index is 12.9. The normalized spacial score (nSPS) is 28.2. The number of carbonyl (C=O) groups is 2. The molecule has 1 saturated heterocycles. The number of hydrogen-bond acceptors (Lipinski definition) is 4. The molecule has 2 aromatic carbocycles. The Bertz CT molecular complexity index is 1090. The minimum absolute atomic E-state index is 0.0171. The summed E-state index contributed by atoms with van der Waals surface area (Å²) in [4.78, 5) is 29.9. The van der Waals surface area contributed by atoms with Crippen molar-refractivity contribution in [3.8, 4) is 5.75 Å². The van der Waals surface area contributed by atoms with E-state index in [0.29, 0.717) is 19.5 Å².